The van der Waals surface area contributed by atoms with Gasteiger partial charge in [0.15, 0.2) is 11.6 Å². The molecule has 0 saturated carbocycles. The fourth-order valence-electron chi connectivity index (χ4n) is 2.06. The molecule has 3 rings (SSSR count). The predicted octanol–water partition coefficient (Wildman–Crippen LogP) is 3.61. The maximum absolute atomic E-state index is 13.4. The number of furan rings is 1. The van der Waals surface area contributed by atoms with Crippen LogP contribution in [0.2, 0.25) is 0 Å². The molecule has 0 fully saturated rings. The first-order valence-electron chi connectivity index (χ1n) is 6.35. The minimum absolute atomic E-state index is 0.188. The van der Waals surface area contributed by atoms with E-state index in [1.807, 2.05) is 24.3 Å². The van der Waals surface area contributed by atoms with Crippen molar-refractivity contribution < 1.29 is 13.5 Å². The fourth-order valence-corrected chi connectivity index (χ4v) is 2.06. The number of halogens is 1. The van der Waals surface area contributed by atoms with Gasteiger partial charge in [-0.1, -0.05) is 18.2 Å². The van der Waals surface area contributed by atoms with E-state index in [9.17, 15) is 4.39 Å². The van der Waals surface area contributed by atoms with Gasteiger partial charge >= 0.3 is 0 Å². The minimum Gasteiger partial charge on any atom is -0.483 e. The molecule has 4 heteroatoms. The highest BCUT2D eigenvalue weighted by Gasteiger charge is 2.07. The monoisotopic (exact) mass is 271 g/mol. The van der Waals surface area contributed by atoms with E-state index in [-0.39, 0.29) is 18.2 Å². The molecule has 0 spiro atoms. The number of ether oxygens (including phenoxy) is 1. The molecule has 0 aliphatic carbocycles. The van der Waals surface area contributed by atoms with Crippen molar-refractivity contribution in [2.24, 2.45) is 5.73 Å². The van der Waals surface area contributed by atoms with Crippen LogP contribution in [0.3, 0.4) is 0 Å². The molecule has 102 valence electrons. The molecule has 0 aliphatic rings. The quantitative estimate of drug-likeness (QED) is 0.788. The highest BCUT2D eigenvalue weighted by Crippen LogP contribution is 2.23. The van der Waals surface area contributed by atoms with E-state index < -0.39 is 0 Å². The third-order valence-electron chi connectivity index (χ3n) is 3.07. The molecule has 1 heterocycles. The highest BCUT2D eigenvalue weighted by molar-refractivity contribution is 5.78. The molecule has 0 saturated heterocycles. The lowest BCUT2D eigenvalue weighted by Gasteiger charge is -2.04. The molecule has 3 nitrogen and oxygen atoms in total. The Morgan fingerprint density at radius 1 is 1.10 bits per heavy atom. The van der Waals surface area contributed by atoms with Gasteiger partial charge in [0.05, 0.1) is 0 Å². The van der Waals surface area contributed by atoms with E-state index in [0.717, 1.165) is 16.5 Å². The average Bonchev–Trinajstić information content (AvgIpc) is 2.88. The molecule has 0 radical (unpaired) electrons. The van der Waals surface area contributed by atoms with Crippen molar-refractivity contribution in [3.8, 4) is 5.75 Å². The van der Waals surface area contributed by atoms with Gasteiger partial charge in [-0.25, -0.2) is 4.39 Å². The van der Waals surface area contributed by atoms with Gasteiger partial charge in [0, 0.05) is 11.9 Å². The molecule has 1 aromatic heterocycles. The molecule has 0 amide bonds. The van der Waals surface area contributed by atoms with Crippen LogP contribution in [0.5, 0.6) is 5.75 Å². The Labute approximate surface area is 115 Å². The summed E-state index contributed by atoms with van der Waals surface area (Å²) in [7, 11) is 0. The van der Waals surface area contributed by atoms with Crippen molar-refractivity contribution in [3.05, 3.63) is 65.7 Å². The Bertz CT molecular complexity index is 736. The molecule has 0 aliphatic heterocycles. The number of para-hydroxylation sites is 1. The maximum Gasteiger partial charge on any atom is 0.165 e. The standard InChI is InChI=1S/C16H14FNO2/c17-14-3-1-2-4-16(14)19-10-13-8-12-7-11(9-18)5-6-15(12)20-13/h1-8H,9-10,18H2. The van der Waals surface area contributed by atoms with Crippen LogP contribution in [0.1, 0.15) is 11.3 Å². The number of hydrogen-bond donors (Lipinski definition) is 1. The topological polar surface area (TPSA) is 48.4 Å². The van der Waals surface area contributed by atoms with Crippen molar-refractivity contribution in [2.45, 2.75) is 13.2 Å². The lowest BCUT2D eigenvalue weighted by atomic mass is 10.1. The Balaban J connectivity index is 1.79. The smallest absolute Gasteiger partial charge is 0.165 e. The minimum atomic E-state index is -0.381. The van der Waals surface area contributed by atoms with Crippen molar-refractivity contribution >= 4 is 11.0 Å². The Morgan fingerprint density at radius 2 is 1.95 bits per heavy atom. The highest BCUT2D eigenvalue weighted by atomic mass is 19.1. The molecule has 20 heavy (non-hydrogen) atoms. The van der Waals surface area contributed by atoms with Crippen molar-refractivity contribution in [2.75, 3.05) is 0 Å². The zero-order valence-corrected chi connectivity index (χ0v) is 10.8. The second kappa shape index (κ2) is 5.35. The van der Waals surface area contributed by atoms with Gasteiger partial charge in [-0.2, -0.15) is 0 Å². The average molecular weight is 271 g/mol. The lowest BCUT2D eigenvalue weighted by molar-refractivity contribution is 0.262. The van der Waals surface area contributed by atoms with Crippen molar-refractivity contribution in [1.29, 1.82) is 0 Å². The van der Waals surface area contributed by atoms with E-state index in [2.05, 4.69) is 0 Å². The summed E-state index contributed by atoms with van der Waals surface area (Å²) >= 11 is 0. The van der Waals surface area contributed by atoms with Gasteiger partial charge in [0.25, 0.3) is 0 Å². The SMILES string of the molecule is NCc1ccc2oc(COc3ccccc3F)cc2c1. The fraction of sp³-hybridized carbons (Fsp3) is 0.125. The molecule has 3 aromatic rings. The van der Waals surface area contributed by atoms with Crippen LogP contribution in [0, 0.1) is 5.82 Å². The molecule has 0 unspecified atom stereocenters. The van der Waals surface area contributed by atoms with Gasteiger partial charge in [0.1, 0.15) is 18.0 Å². The van der Waals surface area contributed by atoms with E-state index in [1.165, 1.54) is 6.07 Å². The Kier molecular flexibility index (Phi) is 3.39. The third-order valence-corrected chi connectivity index (χ3v) is 3.07. The number of benzene rings is 2. The molecule has 2 aromatic carbocycles. The summed E-state index contributed by atoms with van der Waals surface area (Å²) in [4.78, 5) is 0. The summed E-state index contributed by atoms with van der Waals surface area (Å²) in [6.07, 6.45) is 0. The second-order valence-electron chi connectivity index (χ2n) is 4.51. The molecular weight excluding hydrogens is 257 g/mol. The summed E-state index contributed by atoms with van der Waals surface area (Å²) in [5.74, 6) is 0.488. The van der Waals surface area contributed by atoms with Gasteiger partial charge in [-0.05, 0) is 35.9 Å². The van der Waals surface area contributed by atoms with Crippen LogP contribution in [0.15, 0.2) is 52.9 Å². The first kappa shape index (κ1) is 12.7. The first-order chi connectivity index (χ1) is 9.76. The van der Waals surface area contributed by atoms with Crippen molar-refractivity contribution in [1.82, 2.24) is 0 Å². The van der Waals surface area contributed by atoms with E-state index >= 15 is 0 Å². The largest absolute Gasteiger partial charge is 0.483 e. The zero-order valence-electron chi connectivity index (χ0n) is 10.8. The summed E-state index contributed by atoms with van der Waals surface area (Å²) in [6.45, 7) is 0.676. The predicted molar refractivity (Wildman–Crippen MR) is 74.8 cm³/mol. The lowest BCUT2D eigenvalue weighted by Crippen LogP contribution is -1.95. The van der Waals surface area contributed by atoms with Crippen molar-refractivity contribution in [3.63, 3.8) is 0 Å². The molecule has 0 bridgehead atoms. The number of hydrogen-bond acceptors (Lipinski definition) is 3. The molecular formula is C16H14FNO2. The van der Waals surface area contributed by atoms with Crippen LogP contribution >= 0.6 is 0 Å². The van der Waals surface area contributed by atoms with Gasteiger partial charge in [-0.15, -0.1) is 0 Å². The number of rotatable bonds is 4. The second-order valence-corrected chi connectivity index (χ2v) is 4.51. The molecule has 0 atom stereocenters. The normalized spacial score (nSPS) is 10.9. The number of nitrogens with two attached hydrogens (primary N) is 1. The zero-order chi connectivity index (χ0) is 13.9. The summed E-state index contributed by atoms with van der Waals surface area (Å²) < 4.78 is 24.5. The van der Waals surface area contributed by atoms with Crippen LogP contribution in [-0.4, -0.2) is 0 Å². The Morgan fingerprint density at radius 3 is 2.75 bits per heavy atom. The maximum atomic E-state index is 13.4. The third kappa shape index (κ3) is 2.51. The Hall–Kier alpha value is -2.33. The van der Waals surface area contributed by atoms with E-state index in [1.54, 1.807) is 18.2 Å². The van der Waals surface area contributed by atoms with Gasteiger partial charge < -0.3 is 14.9 Å². The van der Waals surface area contributed by atoms with Crippen LogP contribution in [0.25, 0.3) is 11.0 Å². The number of fused-ring (bicyclic) bond motifs is 1. The van der Waals surface area contributed by atoms with E-state index in [4.69, 9.17) is 14.9 Å². The van der Waals surface area contributed by atoms with Gasteiger partial charge in [0.2, 0.25) is 0 Å². The van der Waals surface area contributed by atoms with Crippen LogP contribution in [-0.2, 0) is 13.2 Å². The summed E-state index contributed by atoms with van der Waals surface area (Å²) in [6, 6.07) is 14.0. The summed E-state index contributed by atoms with van der Waals surface area (Å²) in [5.41, 5.74) is 7.42. The first-order valence-corrected chi connectivity index (χ1v) is 6.35. The van der Waals surface area contributed by atoms with Gasteiger partial charge in [-0.3, -0.25) is 0 Å². The molecule has 2 N–H and O–H groups in total. The summed E-state index contributed by atoms with van der Waals surface area (Å²) in [5, 5.41) is 0.972. The van der Waals surface area contributed by atoms with E-state index in [0.29, 0.717) is 12.3 Å². The van der Waals surface area contributed by atoms with Crippen LogP contribution < -0.4 is 10.5 Å². The van der Waals surface area contributed by atoms with Crippen LogP contribution in [0.4, 0.5) is 4.39 Å².